The third-order valence-electron chi connectivity index (χ3n) is 6.72. The van der Waals surface area contributed by atoms with Gasteiger partial charge in [-0.1, -0.05) is 78.8 Å². The maximum atomic E-state index is 13.1. The summed E-state index contributed by atoms with van der Waals surface area (Å²) in [7, 11) is 0. The predicted octanol–water partition coefficient (Wildman–Crippen LogP) is 7.06. The summed E-state index contributed by atoms with van der Waals surface area (Å²) in [6.07, 6.45) is 0.764. The molecule has 0 aliphatic rings. The van der Waals surface area contributed by atoms with Crippen molar-refractivity contribution in [3.63, 3.8) is 0 Å². The molecular formula is C35H33ClN2O5. The zero-order chi connectivity index (χ0) is 30.8. The quantitative estimate of drug-likeness (QED) is 0.0919. The Hall–Kier alpha value is -4.88. The summed E-state index contributed by atoms with van der Waals surface area (Å²) in [6, 6.07) is 29.1. The van der Waals surface area contributed by atoms with Gasteiger partial charge in [0.15, 0.2) is 5.78 Å². The van der Waals surface area contributed by atoms with E-state index in [1.807, 2.05) is 24.3 Å². The van der Waals surface area contributed by atoms with Gasteiger partial charge >= 0.3 is 5.97 Å². The largest absolute Gasteiger partial charge is 0.494 e. The maximum Gasteiger partial charge on any atom is 0.326 e. The molecular weight excluding hydrogens is 564 g/mol. The number of ketones is 1. The van der Waals surface area contributed by atoms with Crippen LogP contribution in [0, 0.1) is 0 Å². The molecule has 0 radical (unpaired) electrons. The van der Waals surface area contributed by atoms with Crippen LogP contribution in [0.3, 0.4) is 0 Å². The van der Waals surface area contributed by atoms with Gasteiger partial charge in [0.2, 0.25) is 0 Å². The first kappa shape index (κ1) is 31.1. The van der Waals surface area contributed by atoms with Crippen LogP contribution >= 0.6 is 11.6 Å². The summed E-state index contributed by atoms with van der Waals surface area (Å²) in [6.45, 7) is 6.23. The van der Waals surface area contributed by atoms with Gasteiger partial charge in [-0.3, -0.25) is 9.59 Å². The van der Waals surface area contributed by atoms with E-state index in [0.29, 0.717) is 58.4 Å². The summed E-state index contributed by atoms with van der Waals surface area (Å²) in [4.78, 5) is 39.6. The summed E-state index contributed by atoms with van der Waals surface area (Å²) >= 11 is 6.12. The number of halogens is 1. The number of nitrogens with one attached hydrogen (secondary N) is 1. The zero-order valence-electron chi connectivity index (χ0n) is 23.8. The summed E-state index contributed by atoms with van der Waals surface area (Å²) < 4.78 is 5.89. The number of amides is 1. The Morgan fingerprint density at radius 2 is 1.63 bits per heavy atom. The Labute approximate surface area is 256 Å². The van der Waals surface area contributed by atoms with Gasteiger partial charge in [0, 0.05) is 46.1 Å². The third kappa shape index (κ3) is 8.56. The van der Waals surface area contributed by atoms with Crippen molar-refractivity contribution in [1.29, 1.82) is 0 Å². The van der Waals surface area contributed by atoms with Crippen molar-refractivity contribution in [2.24, 2.45) is 0 Å². The van der Waals surface area contributed by atoms with Crippen molar-refractivity contribution in [3.8, 4) is 5.75 Å². The Balaban J connectivity index is 1.35. The number of ether oxygens (including phenoxy) is 1. The molecule has 4 aromatic carbocycles. The summed E-state index contributed by atoms with van der Waals surface area (Å²) in [5.41, 5.74) is 3.30. The molecule has 0 aliphatic carbocycles. The molecule has 0 spiro atoms. The van der Waals surface area contributed by atoms with E-state index in [1.54, 1.807) is 90.7 Å². The fraction of sp³-hybridized carbons (Fsp3) is 0.171. The smallest absolute Gasteiger partial charge is 0.326 e. The molecule has 0 saturated carbocycles. The van der Waals surface area contributed by atoms with Crippen molar-refractivity contribution in [1.82, 2.24) is 0 Å². The first-order chi connectivity index (χ1) is 20.7. The van der Waals surface area contributed by atoms with Crippen molar-refractivity contribution >= 4 is 40.6 Å². The molecule has 0 aliphatic heterocycles. The van der Waals surface area contributed by atoms with Crippen LogP contribution in [0.5, 0.6) is 5.75 Å². The molecule has 0 fully saturated rings. The number of anilines is 2. The van der Waals surface area contributed by atoms with E-state index in [-0.39, 0.29) is 18.1 Å². The van der Waals surface area contributed by atoms with Crippen molar-refractivity contribution in [2.45, 2.75) is 25.8 Å². The van der Waals surface area contributed by atoms with Crippen LogP contribution in [0.25, 0.3) is 0 Å². The monoisotopic (exact) mass is 596 g/mol. The first-order valence-corrected chi connectivity index (χ1v) is 14.2. The minimum Gasteiger partial charge on any atom is -0.494 e. The zero-order valence-corrected chi connectivity index (χ0v) is 24.6. The Morgan fingerprint density at radius 3 is 2.30 bits per heavy atom. The number of carboxylic acid groups (broad SMARTS) is 1. The molecule has 0 aromatic heterocycles. The van der Waals surface area contributed by atoms with E-state index >= 15 is 0 Å². The number of rotatable bonds is 14. The van der Waals surface area contributed by atoms with Crippen LogP contribution < -0.4 is 15.0 Å². The Kier molecular flexibility index (Phi) is 10.7. The van der Waals surface area contributed by atoms with E-state index in [9.17, 15) is 19.5 Å². The van der Waals surface area contributed by atoms with E-state index in [4.69, 9.17) is 16.3 Å². The second-order valence-corrected chi connectivity index (χ2v) is 10.5. The molecule has 1 atom stereocenters. The molecule has 220 valence electrons. The van der Waals surface area contributed by atoms with E-state index in [1.165, 1.54) is 0 Å². The molecule has 8 heteroatoms. The van der Waals surface area contributed by atoms with Gasteiger partial charge in [-0.05, 0) is 61.4 Å². The van der Waals surface area contributed by atoms with Crippen LogP contribution in [0.1, 0.15) is 34.8 Å². The summed E-state index contributed by atoms with van der Waals surface area (Å²) in [5.74, 6) is -0.770. The lowest BCUT2D eigenvalue weighted by atomic mass is 10.00. The van der Waals surface area contributed by atoms with Gasteiger partial charge in [-0.15, -0.1) is 0 Å². The van der Waals surface area contributed by atoms with Gasteiger partial charge in [0.1, 0.15) is 11.8 Å². The number of carboxylic acids is 1. The topological polar surface area (TPSA) is 95.9 Å². The van der Waals surface area contributed by atoms with Crippen molar-refractivity contribution < 1.29 is 24.2 Å². The van der Waals surface area contributed by atoms with Crippen LogP contribution in [-0.4, -0.2) is 42.0 Å². The molecule has 43 heavy (non-hydrogen) atoms. The van der Waals surface area contributed by atoms with Crippen molar-refractivity contribution in [2.75, 3.05) is 23.4 Å². The van der Waals surface area contributed by atoms with Crippen LogP contribution in [0.4, 0.5) is 11.4 Å². The number of carbonyl (C=O) groups excluding carboxylic acids is 2. The molecule has 4 rings (SSSR count). The molecule has 0 saturated heterocycles. The normalized spacial score (nSPS) is 11.3. The highest BCUT2D eigenvalue weighted by Crippen LogP contribution is 2.23. The van der Waals surface area contributed by atoms with Gasteiger partial charge in [0.25, 0.3) is 5.91 Å². The van der Waals surface area contributed by atoms with Gasteiger partial charge in [0.05, 0.1) is 6.61 Å². The van der Waals surface area contributed by atoms with Gasteiger partial charge < -0.3 is 20.1 Å². The maximum absolute atomic E-state index is 13.1. The van der Waals surface area contributed by atoms with E-state index in [0.717, 1.165) is 5.56 Å². The number of nitrogens with zero attached hydrogens (tertiary/aromatic N) is 1. The first-order valence-electron chi connectivity index (χ1n) is 13.9. The average molecular weight is 597 g/mol. The number of aliphatic carboxylic acids is 1. The molecule has 0 bridgehead atoms. The molecule has 7 nitrogen and oxygen atoms in total. The molecule has 0 unspecified atom stereocenters. The average Bonchev–Trinajstić information content (AvgIpc) is 3.01. The van der Waals surface area contributed by atoms with Gasteiger partial charge in [-0.2, -0.15) is 0 Å². The Morgan fingerprint density at radius 1 is 0.930 bits per heavy atom. The minimum atomic E-state index is -1.03. The van der Waals surface area contributed by atoms with Crippen LogP contribution in [0.2, 0.25) is 5.02 Å². The lowest BCUT2D eigenvalue weighted by molar-refractivity contribution is -0.137. The van der Waals surface area contributed by atoms with Crippen LogP contribution in [-0.2, 0) is 16.0 Å². The SMILES string of the molecule is C=C(C)C(=O)N(CCCOc1ccc(C[C@H](Nc2ccccc2C(=O)c2ccccc2)C(=O)O)cc1)c1cccc(Cl)c1. The minimum absolute atomic E-state index is 0.180. The standard InChI is InChI=1S/C35H33ClN2O5/c1-24(2)34(40)38(28-13-8-12-27(36)23-28)20-9-21-43-29-18-16-25(17-19-29)22-32(35(41)42)37-31-15-7-6-14-30(31)33(39)26-10-4-3-5-11-26/h3-8,10-19,23,32,37H,1,9,20-22H2,2H3,(H,41,42)/t32-/m0/s1. The highest BCUT2D eigenvalue weighted by molar-refractivity contribution is 6.31. The highest BCUT2D eigenvalue weighted by Gasteiger charge is 2.21. The highest BCUT2D eigenvalue weighted by atomic mass is 35.5. The molecule has 0 heterocycles. The lowest BCUT2D eigenvalue weighted by Crippen LogP contribution is -2.33. The summed E-state index contributed by atoms with van der Waals surface area (Å²) in [5, 5.41) is 13.5. The number of hydrogen-bond acceptors (Lipinski definition) is 5. The lowest BCUT2D eigenvalue weighted by Gasteiger charge is -2.23. The second-order valence-electron chi connectivity index (χ2n) is 10.0. The number of para-hydroxylation sites is 1. The fourth-order valence-corrected chi connectivity index (χ4v) is 4.72. The third-order valence-corrected chi connectivity index (χ3v) is 6.96. The van der Waals surface area contributed by atoms with E-state index in [2.05, 4.69) is 11.9 Å². The predicted molar refractivity (Wildman–Crippen MR) is 170 cm³/mol. The van der Waals surface area contributed by atoms with Crippen LogP contribution in [0.15, 0.2) is 115 Å². The second kappa shape index (κ2) is 14.8. The molecule has 2 N–H and O–H groups in total. The van der Waals surface area contributed by atoms with E-state index < -0.39 is 12.0 Å². The molecule has 4 aromatic rings. The number of carbonyl (C=O) groups is 3. The van der Waals surface area contributed by atoms with Crippen molar-refractivity contribution in [3.05, 3.63) is 137 Å². The number of benzene rings is 4. The Bertz CT molecular complexity index is 1590. The fourth-order valence-electron chi connectivity index (χ4n) is 4.53. The van der Waals surface area contributed by atoms with Gasteiger partial charge in [-0.25, -0.2) is 4.79 Å². The molecule has 1 amide bonds. The number of hydrogen-bond donors (Lipinski definition) is 2.